The van der Waals surface area contributed by atoms with Crippen molar-refractivity contribution in [3.8, 4) is 21.8 Å². The van der Waals surface area contributed by atoms with E-state index >= 15 is 4.39 Å². The van der Waals surface area contributed by atoms with Gasteiger partial charge in [0.15, 0.2) is 5.82 Å². The van der Waals surface area contributed by atoms with Gasteiger partial charge in [0.2, 0.25) is 5.95 Å². The van der Waals surface area contributed by atoms with Gasteiger partial charge in [-0.1, -0.05) is 33.8 Å². The maximum atomic E-state index is 16.0. The summed E-state index contributed by atoms with van der Waals surface area (Å²) < 4.78 is 50.4. The Morgan fingerprint density at radius 2 is 1.74 bits per heavy atom. The predicted molar refractivity (Wildman–Crippen MR) is 196 cm³/mol. The van der Waals surface area contributed by atoms with Crippen molar-refractivity contribution in [3.05, 3.63) is 59.6 Å². The van der Waals surface area contributed by atoms with E-state index in [9.17, 15) is 13.2 Å². The first-order valence-corrected chi connectivity index (χ1v) is 18.5. The lowest BCUT2D eigenvalue weighted by atomic mass is 9.98. The minimum atomic E-state index is -3.95. The van der Waals surface area contributed by atoms with Crippen LogP contribution >= 0.6 is 11.3 Å². The van der Waals surface area contributed by atoms with Gasteiger partial charge in [-0.15, -0.1) is 11.3 Å². The van der Waals surface area contributed by atoms with Gasteiger partial charge in [0.05, 0.1) is 38.8 Å². The summed E-state index contributed by atoms with van der Waals surface area (Å²) >= 11 is 1.39. The van der Waals surface area contributed by atoms with Crippen molar-refractivity contribution < 1.29 is 22.3 Å². The number of hydrogen-bond donors (Lipinski definition) is 2. The van der Waals surface area contributed by atoms with Crippen LogP contribution in [0.25, 0.3) is 21.8 Å². The summed E-state index contributed by atoms with van der Waals surface area (Å²) in [5, 5.41) is 3.91. The fourth-order valence-corrected chi connectivity index (χ4v) is 7.00. The summed E-state index contributed by atoms with van der Waals surface area (Å²) in [6, 6.07) is 10.0. The number of nitrogens with zero attached hydrogens (tertiary/aromatic N) is 7. The SMILES string of the molecule is CCN(C)S(=O)(=O)Nc1cccc(-c2nc(C(C)(C)C)sc2-c2ccnc(Nc3ccc(N4CCN(C(=O)OC(C)(C)C)CC4)cn3)n2)c1F. The van der Waals surface area contributed by atoms with Gasteiger partial charge >= 0.3 is 16.3 Å². The fourth-order valence-electron chi connectivity index (χ4n) is 4.96. The number of ether oxygens (including phenoxy) is 1. The van der Waals surface area contributed by atoms with E-state index in [4.69, 9.17) is 14.7 Å². The van der Waals surface area contributed by atoms with Crippen molar-refractivity contribution in [2.45, 2.75) is 59.5 Å². The van der Waals surface area contributed by atoms with Crippen molar-refractivity contribution >= 4 is 50.8 Å². The molecule has 1 aliphatic heterocycles. The van der Waals surface area contributed by atoms with Crippen LogP contribution in [0.5, 0.6) is 0 Å². The van der Waals surface area contributed by atoms with Crippen LogP contribution in [0, 0.1) is 5.82 Å². The predicted octanol–water partition coefficient (Wildman–Crippen LogP) is 6.51. The molecule has 2 N–H and O–H groups in total. The number of aromatic nitrogens is 4. The zero-order chi connectivity index (χ0) is 36.4. The maximum Gasteiger partial charge on any atom is 0.410 e. The number of hydrogen-bond acceptors (Lipinski definition) is 11. The fraction of sp³-hybridized carbons (Fsp3) is 0.441. The molecular weight excluding hydrogens is 682 g/mol. The Balaban J connectivity index is 1.36. The van der Waals surface area contributed by atoms with Crippen LogP contribution in [0.3, 0.4) is 0 Å². The number of pyridine rings is 1. The number of piperazine rings is 1. The average molecular weight is 726 g/mol. The second-order valence-electron chi connectivity index (χ2n) is 13.9. The number of nitrogens with one attached hydrogen (secondary N) is 2. The minimum absolute atomic E-state index is 0.142. The highest BCUT2D eigenvalue weighted by atomic mass is 32.2. The number of halogens is 1. The second kappa shape index (κ2) is 14.4. The number of anilines is 4. The van der Waals surface area contributed by atoms with Gasteiger partial charge in [0.25, 0.3) is 0 Å². The smallest absolute Gasteiger partial charge is 0.410 e. The number of amides is 1. The number of benzene rings is 1. The molecule has 0 aliphatic carbocycles. The zero-order valence-corrected chi connectivity index (χ0v) is 31.2. The number of thiazole rings is 1. The largest absolute Gasteiger partial charge is 0.444 e. The summed E-state index contributed by atoms with van der Waals surface area (Å²) in [5.74, 6) is 0.0757. The zero-order valence-electron chi connectivity index (χ0n) is 29.6. The molecule has 1 amide bonds. The summed E-state index contributed by atoms with van der Waals surface area (Å²) in [6.45, 7) is 15.9. The third kappa shape index (κ3) is 8.65. The van der Waals surface area contributed by atoms with Crippen molar-refractivity contribution in [2.24, 2.45) is 0 Å². The van der Waals surface area contributed by atoms with E-state index < -0.39 is 21.6 Å². The Labute approximate surface area is 297 Å². The van der Waals surface area contributed by atoms with Crippen LogP contribution in [-0.4, -0.2) is 89.0 Å². The first kappa shape index (κ1) is 36.9. The maximum absolute atomic E-state index is 16.0. The van der Waals surface area contributed by atoms with Crippen molar-refractivity contribution in [1.82, 2.24) is 29.1 Å². The highest BCUT2D eigenvalue weighted by Crippen LogP contribution is 2.42. The topological polar surface area (TPSA) is 146 Å². The lowest BCUT2D eigenvalue weighted by molar-refractivity contribution is 0.0240. The molecule has 3 aromatic heterocycles. The van der Waals surface area contributed by atoms with Crippen LogP contribution < -0.4 is 14.9 Å². The Morgan fingerprint density at radius 3 is 2.36 bits per heavy atom. The molecule has 4 heterocycles. The molecule has 16 heteroatoms. The molecule has 5 rings (SSSR count). The monoisotopic (exact) mass is 725 g/mol. The number of carbonyl (C=O) groups excluding carboxylic acids is 1. The van der Waals surface area contributed by atoms with Crippen LogP contribution in [0.2, 0.25) is 0 Å². The van der Waals surface area contributed by atoms with Gasteiger partial charge in [-0.05, 0) is 51.1 Å². The highest BCUT2D eigenvalue weighted by Gasteiger charge is 2.28. The van der Waals surface area contributed by atoms with Gasteiger partial charge in [0.1, 0.15) is 11.4 Å². The summed E-state index contributed by atoms with van der Waals surface area (Å²) in [5.41, 5.74) is 0.863. The second-order valence-corrected chi connectivity index (χ2v) is 16.7. The normalized spacial score (nSPS) is 14.2. The number of rotatable bonds is 9. The third-order valence-electron chi connectivity index (χ3n) is 7.79. The molecule has 0 saturated carbocycles. The van der Waals surface area contributed by atoms with Gasteiger partial charge in [-0.3, -0.25) is 4.72 Å². The number of carbonyl (C=O) groups is 1. The van der Waals surface area contributed by atoms with Crippen LogP contribution in [0.15, 0.2) is 48.8 Å². The molecular formula is C34H44FN9O4S2. The molecule has 0 radical (unpaired) electrons. The molecule has 1 aromatic carbocycles. The van der Waals surface area contributed by atoms with Crippen LogP contribution in [-0.2, 0) is 20.4 Å². The molecule has 4 aromatic rings. The van der Waals surface area contributed by atoms with Crippen LogP contribution in [0.1, 0.15) is 53.5 Å². The highest BCUT2D eigenvalue weighted by molar-refractivity contribution is 7.90. The van der Waals surface area contributed by atoms with Crippen molar-refractivity contribution in [3.63, 3.8) is 0 Å². The van der Waals surface area contributed by atoms with Gasteiger partial charge < -0.3 is 19.9 Å². The minimum Gasteiger partial charge on any atom is -0.444 e. The standard InChI is InChI=1S/C34H44FN9O4S2/c1-9-42(8)50(46,47)41-24-12-10-11-23(27(24)35)28-29(49-30(40-28)33(2,3)4)25-15-16-36-31(38-25)39-26-14-13-22(21-37-26)43-17-19-44(20-18-43)32(45)48-34(5,6)7/h10-16,21,41H,9,17-20H2,1-8H3,(H,36,37,38,39). The van der Waals surface area contributed by atoms with E-state index in [2.05, 4.69) is 24.9 Å². The van der Waals surface area contributed by atoms with E-state index in [1.54, 1.807) is 42.4 Å². The Hall–Kier alpha value is -4.41. The Kier molecular flexibility index (Phi) is 10.6. The molecule has 1 saturated heterocycles. The molecule has 13 nitrogen and oxygen atoms in total. The quantitative estimate of drug-likeness (QED) is 0.196. The molecule has 1 fully saturated rings. The van der Waals surface area contributed by atoms with Gasteiger partial charge in [0, 0.05) is 56.9 Å². The van der Waals surface area contributed by atoms with E-state index in [1.165, 1.54) is 24.5 Å². The van der Waals surface area contributed by atoms with Gasteiger partial charge in [-0.2, -0.15) is 12.7 Å². The Morgan fingerprint density at radius 1 is 1.02 bits per heavy atom. The molecule has 268 valence electrons. The first-order chi connectivity index (χ1) is 23.4. The summed E-state index contributed by atoms with van der Waals surface area (Å²) in [4.78, 5) is 35.5. The lowest BCUT2D eigenvalue weighted by Gasteiger charge is -2.36. The summed E-state index contributed by atoms with van der Waals surface area (Å²) in [7, 11) is -2.53. The third-order valence-corrected chi connectivity index (χ3v) is 10.8. The van der Waals surface area contributed by atoms with Crippen molar-refractivity contribution in [1.29, 1.82) is 0 Å². The molecule has 0 bridgehead atoms. The van der Waals surface area contributed by atoms with Crippen molar-refractivity contribution in [2.75, 3.05) is 54.7 Å². The van der Waals surface area contributed by atoms with Crippen LogP contribution in [0.4, 0.5) is 32.3 Å². The van der Waals surface area contributed by atoms with E-state index in [1.807, 2.05) is 53.7 Å². The summed E-state index contributed by atoms with van der Waals surface area (Å²) in [6.07, 6.45) is 3.05. The van der Waals surface area contributed by atoms with E-state index in [0.717, 1.165) is 15.0 Å². The molecule has 0 unspecified atom stereocenters. The molecule has 0 spiro atoms. The molecule has 50 heavy (non-hydrogen) atoms. The molecule has 0 atom stereocenters. The van der Waals surface area contributed by atoms with Gasteiger partial charge in [-0.25, -0.2) is 29.1 Å². The first-order valence-electron chi connectivity index (χ1n) is 16.3. The molecule has 1 aliphatic rings. The lowest BCUT2D eigenvalue weighted by Crippen LogP contribution is -2.50. The Bertz CT molecular complexity index is 1930. The van der Waals surface area contributed by atoms with E-state index in [-0.39, 0.29) is 35.3 Å². The van der Waals surface area contributed by atoms with E-state index in [0.29, 0.717) is 48.3 Å². The average Bonchev–Trinajstić information content (AvgIpc) is 3.51.